The molecular weight excluding hydrogens is 248 g/mol. The molecule has 18 heavy (non-hydrogen) atoms. The van der Waals surface area contributed by atoms with Crippen LogP contribution in [0.15, 0.2) is 53.1 Å². The van der Waals surface area contributed by atoms with Crippen LogP contribution in [0.2, 0.25) is 5.02 Å². The van der Waals surface area contributed by atoms with Crippen molar-refractivity contribution >= 4 is 22.6 Å². The lowest BCUT2D eigenvalue weighted by molar-refractivity contribution is 0.415. The summed E-state index contributed by atoms with van der Waals surface area (Å²) < 4.78 is 10.8. The number of ether oxygens (including phenoxy) is 1. The van der Waals surface area contributed by atoms with E-state index in [1.165, 1.54) is 0 Å². The van der Waals surface area contributed by atoms with Crippen molar-refractivity contribution in [1.82, 2.24) is 0 Å². The van der Waals surface area contributed by atoms with E-state index in [0.29, 0.717) is 0 Å². The van der Waals surface area contributed by atoms with Gasteiger partial charge in [0.25, 0.3) is 0 Å². The minimum Gasteiger partial charge on any atom is -0.497 e. The van der Waals surface area contributed by atoms with Gasteiger partial charge in [-0.2, -0.15) is 0 Å². The average molecular weight is 259 g/mol. The number of halogens is 1. The van der Waals surface area contributed by atoms with Crippen LogP contribution in [0, 0.1) is 0 Å². The quantitative estimate of drug-likeness (QED) is 0.661. The number of fused-ring (bicyclic) bond motifs is 1. The number of hydrogen-bond donors (Lipinski definition) is 0. The van der Waals surface area contributed by atoms with Gasteiger partial charge in [0.15, 0.2) is 0 Å². The lowest BCUT2D eigenvalue weighted by atomic mass is 10.0. The SMILES string of the molecule is COc1ccc2occ(-c3ccc(Cl)cc3)c2c1. The summed E-state index contributed by atoms with van der Waals surface area (Å²) in [5.41, 5.74) is 2.97. The monoisotopic (exact) mass is 258 g/mol. The molecule has 0 unspecified atom stereocenters. The van der Waals surface area contributed by atoms with Gasteiger partial charge in [0.05, 0.1) is 13.4 Å². The Morgan fingerprint density at radius 3 is 2.56 bits per heavy atom. The first-order chi connectivity index (χ1) is 8.78. The number of rotatable bonds is 2. The molecule has 90 valence electrons. The summed E-state index contributed by atoms with van der Waals surface area (Å²) in [7, 11) is 1.66. The van der Waals surface area contributed by atoms with Crippen molar-refractivity contribution in [3.8, 4) is 16.9 Å². The van der Waals surface area contributed by atoms with Crippen molar-refractivity contribution in [3.05, 3.63) is 53.8 Å². The first-order valence-electron chi connectivity index (χ1n) is 5.59. The van der Waals surface area contributed by atoms with Crippen LogP contribution < -0.4 is 4.74 Å². The van der Waals surface area contributed by atoms with Gasteiger partial charge in [0.2, 0.25) is 0 Å². The summed E-state index contributed by atoms with van der Waals surface area (Å²) in [5.74, 6) is 0.819. The van der Waals surface area contributed by atoms with E-state index in [2.05, 4.69) is 0 Å². The molecule has 1 heterocycles. The van der Waals surface area contributed by atoms with Crippen LogP contribution in [0.25, 0.3) is 22.1 Å². The van der Waals surface area contributed by atoms with E-state index in [1.807, 2.05) is 42.5 Å². The molecule has 0 saturated carbocycles. The number of benzene rings is 2. The summed E-state index contributed by atoms with van der Waals surface area (Å²) in [6.45, 7) is 0. The molecule has 0 aliphatic rings. The maximum absolute atomic E-state index is 5.90. The van der Waals surface area contributed by atoms with Crippen molar-refractivity contribution in [2.75, 3.05) is 7.11 Å². The molecule has 0 bridgehead atoms. The van der Waals surface area contributed by atoms with Crippen LogP contribution in [0.3, 0.4) is 0 Å². The predicted molar refractivity (Wildman–Crippen MR) is 73.2 cm³/mol. The Morgan fingerprint density at radius 2 is 1.83 bits per heavy atom. The second kappa shape index (κ2) is 4.39. The largest absolute Gasteiger partial charge is 0.497 e. The van der Waals surface area contributed by atoms with E-state index in [1.54, 1.807) is 13.4 Å². The molecule has 0 saturated heterocycles. The fraction of sp³-hybridized carbons (Fsp3) is 0.0667. The highest BCUT2D eigenvalue weighted by atomic mass is 35.5. The summed E-state index contributed by atoms with van der Waals surface area (Å²) in [4.78, 5) is 0. The van der Waals surface area contributed by atoms with E-state index in [0.717, 1.165) is 32.9 Å². The molecule has 3 rings (SSSR count). The van der Waals surface area contributed by atoms with Crippen molar-refractivity contribution in [2.45, 2.75) is 0 Å². The van der Waals surface area contributed by atoms with Crippen LogP contribution in [-0.2, 0) is 0 Å². The van der Waals surface area contributed by atoms with E-state index in [9.17, 15) is 0 Å². The van der Waals surface area contributed by atoms with Gasteiger partial charge in [-0.05, 0) is 35.9 Å². The Morgan fingerprint density at radius 1 is 1.06 bits per heavy atom. The molecular formula is C15H11ClO2. The van der Waals surface area contributed by atoms with Crippen LogP contribution in [0.1, 0.15) is 0 Å². The Labute approximate surface area is 110 Å². The van der Waals surface area contributed by atoms with Crippen molar-refractivity contribution in [3.63, 3.8) is 0 Å². The zero-order valence-electron chi connectivity index (χ0n) is 9.81. The minimum atomic E-state index is 0.726. The van der Waals surface area contributed by atoms with E-state index < -0.39 is 0 Å². The summed E-state index contributed by atoms with van der Waals surface area (Å²) in [5, 5.41) is 1.76. The van der Waals surface area contributed by atoms with E-state index in [4.69, 9.17) is 20.8 Å². The highest BCUT2D eigenvalue weighted by Gasteiger charge is 2.09. The standard InChI is InChI=1S/C15H11ClO2/c1-17-12-6-7-15-13(8-12)14(9-18-15)10-2-4-11(16)5-3-10/h2-9H,1H3. The smallest absolute Gasteiger partial charge is 0.134 e. The van der Waals surface area contributed by atoms with Crippen molar-refractivity contribution < 1.29 is 9.15 Å². The molecule has 1 aromatic heterocycles. The highest BCUT2D eigenvalue weighted by molar-refractivity contribution is 6.30. The van der Waals surface area contributed by atoms with Gasteiger partial charge in [-0.3, -0.25) is 0 Å². The fourth-order valence-electron chi connectivity index (χ4n) is 1.99. The lowest BCUT2D eigenvalue weighted by Crippen LogP contribution is -1.81. The molecule has 3 aromatic rings. The Hall–Kier alpha value is -1.93. The van der Waals surface area contributed by atoms with Gasteiger partial charge in [0, 0.05) is 16.0 Å². The maximum Gasteiger partial charge on any atom is 0.134 e. The predicted octanol–water partition coefficient (Wildman–Crippen LogP) is 4.76. The number of hydrogen-bond acceptors (Lipinski definition) is 2. The lowest BCUT2D eigenvalue weighted by Gasteiger charge is -2.01. The third-order valence-electron chi connectivity index (χ3n) is 2.94. The topological polar surface area (TPSA) is 22.4 Å². The zero-order chi connectivity index (χ0) is 12.5. The van der Waals surface area contributed by atoms with Crippen molar-refractivity contribution in [1.29, 1.82) is 0 Å². The zero-order valence-corrected chi connectivity index (χ0v) is 10.6. The second-order valence-corrected chi connectivity index (χ2v) is 4.45. The molecule has 3 heteroatoms. The molecule has 0 fully saturated rings. The molecule has 0 N–H and O–H groups in total. The van der Waals surface area contributed by atoms with Crippen molar-refractivity contribution in [2.24, 2.45) is 0 Å². The summed E-state index contributed by atoms with van der Waals surface area (Å²) in [6.07, 6.45) is 1.76. The fourth-order valence-corrected chi connectivity index (χ4v) is 2.11. The third kappa shape index (κ3) is 1.85. The Balaban J connectivity index is 2.19. The van der Waals surface area contributed by atoms with Gasteiger partial charge in [-0.1, -0.05) is 23.7 Å². The van der Waals surface area contributed by atoms with Gasteiger partial charge in [-0.25, -0.2) is 0 Å². The molecule has 0 atom stereocenters. The Kier molecular flexibility index (Phi) is 2.73. The van der Waals surface area contributed by atoms with E-state index >= 15 is 0 Å². The summed E-state index contributed by atoms with van der Waals surface area (Å²) >= 11 is 5.90. The molecule has 0 radical (unpaired) electrons. The second-order valence-electron chi connectivity index (χ2n) is 4.02. The number of furan rings is 1. The molecule has 0 spiro atoms. The van der Waals surface area contributed by atoms with Crippen LogP contribution >= 0.6 is 11.6 Å². The average Bonchev–Trinajstić information content (AvgIpc) is 2.82. The van der Waals surface area contributed by atoms with Gasteiger partial charge in [0.1, 0.15) is 11.3 Å². The molecule has 0 aliphatic carbocycles. The Bertz CT molecular complexity index is 683. The first-order valence-corrected chi connectivity index (χ1v) is 5.97. The molecule has 0 amide bonds. The first kappa shape index (κ1) is 11.2. The van der Waals surface area contributed by atoms with Crippen LogP contribution in [0.5, 0.6) is 5.75 Å². The molecule has 2 nitrogen and oxygen atoms in total. The normalized spacial score (nSPS) is 10.8. The van der Waals surface area contributed by atoms with Crippen LogP contribution in [0.4, 0.5) is 0 Å². The minimum absolute atomic E-state index is 0.726. The van der Waals surface area contributed by atoms with Gasteiger partial charge in [-0.15, -0.1) is 0 Å². The molecule has 0 aliphatic heterocycles. The third-order valence-corrected chi connectivity index (χ3v) is 3.19. The maximum atomic E-state index is 5.90. The van der Waals surface area contributed by atoms with E-state index in [-0.39, 0.29) is 0 Å². The van der Waals surface area contributed by atoms with Gasteiger partial charge >= 0.3 is 0 Å². The number of methoxy groups -OCH3 is 1. The highest BCUT2D eigenvalue weighted by Crippen LogP contribution is 2.33. The van der Waals surface area contributed by atoms with Gasteiger partial charge < -0.3 is 9.15 Å². The molecule has 2 aromatic carbocycles. The summed E-state index contributed by atoms with van der Waals surface area (Å²) in [6, 6.07) is 13.5. The van der Waals surface area contributed by atoms with Crippen LogP contribution in [-0.4, -0.2) is 7.11 Å².